The Bertz CT molecular complexity index is 373. The number of aromatic carboxylic acids is 1. The second-order valence-electron chi connectivity index (χ2n) is 2.61. The van der Waals surface area contributed by atoms with Crippen molar-refractivity contribution in [1.29, 1.82) is 0 Å². The number of carboxylic acids is 1. The Morgan fingerprint density at radius 1 is 1.36 bits per heavy atom. The molecule has 1 aromatic rings. The molecule has 1 rings (SSSR count). The van der Waals surface area contributed by atoms with Gasteiger partial charge in [0.25, 0.3) is 0 Å². The van der Waals surface area contributed by atoms with Gasteiger partial charge >= 0.3 is 12.1 Å². The maximum absolute atomic E-state index is 12.2. The van der Waals surface area contributed by atoms with Crippen molar-refractivity contribution in [2.75, 3.05) is 5.73 Å². The van der Waals surface area contributed by atoms with E-state index in [0.717, 1.165) is 12.1 Å². The van der Waals surface area contributed by atoms with Gasteiger partial charge in [-0.05, 0) is 18.2 Å². The molecule has 0 atom stereocenters. The largest absolute Gasteiger partial charge is 0.478 e. The van der Waals surface area contributed by atoms with Crippen molar-refractivity contribution in [2.45, 2.75) is 6.18 Å². The van der Waals surface area contributed by atoms with Gasteiger partial charge in [0.15, 0.2) is 0 Å². The van der Waals surface area contributed by atoms with Crippen LogP contribution in [0.4, 0.5) is 18.9 Å². The fourth-order valence-electron chi connectivity index (χ4n) is 0.986. The molecule has 0 aliphatic rings. The summed E-state index contributed by atoms with van der Waals surface area (Å²) in [5.41, 5.74) is 3.13. The summed E-state index contributed by atoms with van der Waals surface area (Å²) >= 11 is 0. The van der Waals surface area contributed by atoms with Crippen LogP contribution in [0.1, 0.15) is 15.9 Å². The van der Waals surface area contributed by atoms with Crippen LogP contribution >= 0.6 is 0 Å². The minimum Gasteiger partial charge on any atom is -0.478 e. The van der Waals surface area contributed by atoms with Crippen molar-refractivity contribution in [3.63, 3.8) is 0 Å². The predicted molar refractivity (Wildman–Crippen MR) is 42.8 cm³/mol. The van der Waals surface area contributed by atoms with E-state index in [1.807, 2.05) is 0 Å². The SMILES string of the molecule is Nc1ccc(C(F)(F)F)c(C(=O)O)c1. The van der Waals surface area contributed by atoms with Gasteiger partial charge in [-0.1, -0.05) is 0 Å². The maximum Gasteiger partial charge on any atom is 0.417 e. The fraction of sp³-hybridized carbons (Fsp3) is 0.125. The molecular formula is C8H6F3NO2. The third-order valence-electron chi connectivity index (χ3n) is 1.58. The Kier molecular flexibility index (Phi) is 2.37. The average Bonchev–Trinajstić information content (AvgIpc) is 2.01. The van der Waals surface area contributed by atoms with Crippen LogP contribution in [0.3, 0.4) is 0 Å². The van der Waals surface area contributed by atoms with Crippen molar-refractivity contribution in [1.82, 2.24) is 0 Å². The normalized spacial score (nSPS) is 11.4. The lowest BCUT2D eigenvalue weighted by Gasteiger charge is -2.10. The average molecular weight is 205 g/mol. The Hall–Kier alpha value is -1.72. The molecule has 0 saturated heterocycles. The number of rotatable bonds is 1. The van der Waals surface area contributed by atoms with Crippen molar-refractivity contribution in [3.8, 4) is 0 Å². The number of alkyl halides is 3. The van der Waals surface area contributed by atoms with Gasteiger partial charge < -0.3 is 10.8 Å². The molecule has 3 nitrogen and oxygen atoms in total. The number of nitrogen functional groups attached to an aromatic ring is 1. The van der Waals surface area contributed by atoms with Gasteiger partial charge in [-0.15, -0.1) is 0 Å². The van der Waals surface area contributed by atoms with Gasteiger partial charge in [0.05, 0.1) is 11.1 Å². The number of hydrogen-bond donors (Lipinski definition) is 2. The highest BCUT2D eigenvalue weighted by molar-refractivity contribution is 5.90. The number of nitrogens with two attached hydrogens (primary N) is 1. The van der Waals surface area contributed by atoms with Crippen molar-refractivity contribution in [3.05, 3.63) is 29.3 Å². The van der Waals surface area contributed by atoms with E-state index in [4.69, 9.17) is 10.8 Å². The van der Waals surface area contributed by atoms with E-state index in [1.54, 1.807) is 0 Å². The van der Waals surface area contributed by atoms with Crippen molar-refractivity contribution in [2.24, 2.45) is 0 Å². The van der Waals surface area contributed by atoms with Crippen LogP contribution in [0.25, 0.3) is 0 Å². The van der Waals surface area contributed by atoms with E-state index in [2.05, 4.69) is 0 Å². The number of benzene rings is 1. The third kappa shape index (κ3) is 1.95. The second kappa shape index (κ2) is 3.21. The van der Waals surface area contributed by atoms with Crippen LogP contribution < -0.4 is 5.73 Å². The molecule has 0 aliphatic carbocycles. The van der Waals surface area contributed by atoms with E-state index in [0.29, 0.717) is 6.07 Å². The van der Waals surface area contributed by atoms with Crippen LogP contribution in [0.15, 0.2) is 18.2 Å². The number of carboxylic acid groups (broad SMARTS) is 1. The van der Waals surface area contributed by atoms with Gasteiger partial charge in [0, 0.05) is 5.69 Å². The van der Waals surface area contributed by atoms with Gasteiger partial charge in [-0.3, -0.25) is 0 Å². The van der Waals surface area contributed by atoms with Crippen LogP contribution in [0.5, 0.6) is 0 Å². The fourth-order valence-corrected chi connectivity index (χ4v) is 0.986. The molecule has 0 aromatic heterocycles. The van der Waals surface area contributed by atoms with Gasteiger partial charge in [-0.25, -0.2) is 4.79 Å². The first-order chi connectivity index (χ1) is 6.32. The highest BCUT2D eigenvalue weighted by Crippen LogP contribution is 2.32. The molecule has 0 fully saturated rings. The molecule has 0 radical (unpaired) electrons. The lowest BCUT2D eigenvalue weighted by Crippen LogP contribution is -2.13. The monoisotopic (exact) mass is 205 g/mol. The standard InChI is InChI=1S/C8H6F3NO2/c9-8(10,11)6-2-1-4(12)3-5(6)7(13)14/h1-3H,12H2,(H,13,14). The highest BCUT2D eigenvalue weighted by Gasteiger charge is 2.35. The molecule has 0 heterocycles. The van der Waals surface area contributed by atoms with Gasteiger partial charge in [-0.2, -0.15) is 13.2 Å². The molecule has 14 heavy (non-hydrogen) atoms. The minimum absolute atomic E-state index is 0.0181. The summed E-state index contributed by atoms with van der Waals surface area (Å²) < 4.78 is 36.7. The Morgan fingerprint density at radius 2 is 1.93 bits per heavy atom. The minimum atomic E-state index is -4.68. The zero-order valence-electron chi connectivity index (χ0n) is 6.80. The predicted octanol–water partition coefficient (Wildman–Crippen LogP) is 1.99. The summed E-state index contributed by atoms with van der Waals surface area (Å²) in [6, 6.07) is 2.44. The lowest BCUT2D eigenvalue weighted by molar-refractivity contribution is -0.138. The number of hydrogen-bond acceptors (Lipinski definition) is 2. The molecule has 0 amide bonds. The zero-order valence-corrected chi connectivity index (χ0v) is 6.80. The molecule has 6 heteroatoms. The van der Waals surface area contributed by atoms with Crippen molar-refractivity contribution < 1.29 is 23.1 Å². The summed E-state index contributed by atoms with van der Waals surface area (Å²) in [5, 5.41) is 8.50. The Labute approximate surface area is 77.0 Å². The summed E-state index contributed by atoms with van der Waals surface area (Å²) in [5.74, 6) is -1.65. The third-order valence-corrected chi connectivity index (χ3v) is 1.58. The smallest absolute Gasteiger partial charge is 0.417 e. The summed E-state index contributed by atoms with van der Waals surface area (Å²) in [6.45, 7) is 0. The first kappa shape index (κ1) is 10.4. The number of carbonyl (C=O) groups is 1. The quantitative estimate of drug-likeness (QED) is 0.689. The molecule has 0 aliphatic heterocycles. The molecular weight excluding hydrogens is 199 g/mol. The maximum atomic E-state index is 12.2. The summed E-state index contributed by atoms with van der Waals surface area (Å²) in [6.07, 6.45) is -4.68. The van der Waals surface area contributed by atoms with E-state index in [1.165, 1.54) is 0 Å². The van der Waals surface area contributed by atoms with Crippen LogP contribution in [0, 0.1) is 0 Å². The Balaban J connectivity index is 3.37. The van der Waals surface area contributed by atoms with Crippen LogP contribution in [-0.2, 0) is 6.18 Å². The second-order valence-corrected chi connectivity index (χ2v) is 2.61. The van der Waals surface area contributed by atoms with E-state index in [-0.39, 0.29) is 5.69 Å². The number of anilines is 1. The first-order valence-electron chi connectivity index (χ1n) is 3.52. The molecule has 3 N–H and O–H groups in total. The molecule has 0 saturated carbocycles. The highest BCUT2D eigenvalue weighted by atomic mass is 19.4. The lowest BCUT2D eigenvalue weighted by atomic mass is 10.1. The summed E-state index contributed by atoms with van der Waals surface area (Å²) in [4.78, 5) is 10.5. The summed E-state index contributed by atoms with van der Waals surface area (Å²) in [7, 11) is 0. The molecule has 0 bridgehead atoms. The molecule has 1 aromatic carbocycles. The Morgan fingerprint density at radius 3 is 2.36 bits per heavy atom. The number of halogens is 3. The molecule has 0 unspecified atom stereocenters. The van der Waals surface area contributed by atoms with Gasteiger partial charge in [0.1, 0.15) is 0 Å². The van der Waals surface area contributed by atoms with E-state index >= 15 is 0 Å². The zero-order chi connectivity index (χ0) is 10.9. The van der Waals surface area contributed by atoms with Gasteiger partial charge in [0.2, 0.25) is 0 Å². The van der Waals surface area contributed by atoms with E-state index in [9.17, 15) is 18.0 Å². The molecule has 76 valence electrons. The molecule has 0 spiro atoms. The van der Waals surface area contributed by atoms with Crippen molar-refractivity contribution >= 4 is 11.7 Å². The van der Waals surface area contributed by atoms with Crippen LogP contribution in [0.2, 0.25) is 0 Å². The van der Waals surface area contributed by atoms with Crippen LogP contribution in [-0.4, -0.2) is 11.1 Å². The van der Waals surface area contributed by atoms with E-state index < -0.39 is 23.3 Å². The topological polar surface area (TPSA) is 63.3 Å². The first-order valence-corrected chi connectivity index (χ1v) is 3.52.